The maximum absolute atomic E-state index is 9.00. The molecule has 0 saturated heterocycles. The number of aliphatic hydroxyl groups is 1. The Morgan fingerprint density at radius 1 is 1.32 bits per heavy atom. The molecule has 4 heteroatoms. The molecule has 0 aliphatic carbocycles. The maximum Gasteiger partial charge on any atom is 0.0545 e. The van der Waals surface area contributed by atoms with Gasteiger partial charge in [0.1, 0.15) is 0 Å². The standard InChI is InChI=1S/C15H24ClNOS/c1-11(2)9-17-10-13-5-4-6-14(16)15(13)19-12(3)7-8-18/h4-6,11-12,17-18H,7-10H2,1-3H3. The van der Waals surface area contributed by atoms with Crippen LogP contribution in [-0.4, -0.2) is 23.5 Å². The molecule has 1 aromatic rings. The van der Waals surface area contributed by atoms with E-state index in [0.29, 0.717) is 11.2 Å². The molecule has 0 saturated carbocycles. The monoisotopic (exact) mass is 301 g/mol. The van der Waals surface area contributed by atoms with Gasteiger partial charge in [0.05, 0.1) is 5.02 Å². The van der Waals surface area contributed by atoms with Crippen molar-refractivity contribution in [2.75, 3.05) is 13.2 Å². The van der Waals surface area contributed by atoms with E-state index >= 15 is 0 Å². The number of thioether (sulfide) groups is 1. The van der Waals surface area contributed by atoms with E-state index in [0.717, 1.165) is 29.4 Å². The van der Waals surface area contributed by atoms with Crippen LogP contribution in [0.25, 0.3) is 0 Å². The summed E-state index contributed by atoms with van der Waals surface area (Å²) in [7, 11) is 0. The average Bonchev–Trinajstić information content (AvgIpc) is 2.33. The Kier molecular flexibility index (Phi) is 7.84. The highest BCUT2D eigenvalue weighted by molar-refractivity contribution is 8.00. The molecule has 19 heavy (non-hydrogen) atoms. The van der Waals surface area contributed by atoms with E-state index < -0.39 is 0 Å². The number of halogens is 1. The van der Waals surface area contributed by atoms with Crippen molar-refractivity contribution in [1.29, 1.82) is 0 Å². The number of hydrogen-bond donors (Lipinski definition) is 2. The van der Waals surface area contributed by atoms with Crippen LogP contribution in [0.5, 0.6) is 0 Å². The van der Waals surface area contributed by atoms with Gasteiger partial charge in [-0.25, -0.2) is 0 Å². The quantitative estimate of drug-likeness (QED) is 0.713. The first-order chi connectivity index (χ1) is 9.04. The van der Waals surface area contributed by atoms with Gasteiger partial charge in [-0.3, -0.25) is 0 Å². The molecule has 1 aromatic carbocycles. The van der Waals surface area contributed by atoms with Crippen LogP contribution in [0.1, 0.15) is 32.8 Å². The molecule has 1 atom stereocenters. The molecule has 1 unspecified atom stereocenters. The number of rotatable bonds is 8. The molecule has 0 aliphatic rings. The van der Waals surface area contributed by atoms with Crippen molar-refractivity contribution in [3.63, 3.8) is 0 Å². The molecular weight excluding hydrogens is 278 g/mol. The van der Waals surface area contributed by atoms with Crippen molar-refractivity contribution in [3.8, 4) is 0 Å². The molecule has 2 nitrogen and oxygen atoms in total. The van der Waals surface area contributed by atoms with Gasteiger partial charge in [-0.2, -0.15) is 0 Å². The highest BCUT2D eigenvalue weighted by Gasteiger charge is 2.11. The van der Waals surface area contributed by atoms with Gasteiger partial charge in [-0.05, 0) is 30.5 Å². The van der Waals surface area contributed by atoms with Gasteiger partial charge < -0.3 is 10.4 Å². The van der Waals surface area contributed by atoms with Gasteiger partial charge in [-0.1, -0.05) is 44.5 Å². The van der Waals surface area contributed by atoms with Crippen molar-refractivity contribution >= 4 is 23.4 Å². The lowest BCUT2D eigenvalue weighted by Gasteiger charge is -2.16. The van der Waals surface area contributed by atoms with Gasteiger partial charge in [0.25, 0.3) is 0 Å². The summed E-state index contributed by atoms with van der Waals surface area (Å²) in [5.74, 6) is 0.642. The zero-order valence-electron chi connectivity index (χ0n) is 11.9. The van der Waals surface area contributed by atoms with Crippen LogP contribution in [0.4, 0.5) is 0 Å². The summed E-state index contributed by atoms with van der Waals surface area (Å²) in [6, 6.07) is 6.05. The van der Waals surface area contributed by atoms with Crippen LogP contribution < -0.4 is 5.32 Å². The van der Waals surface area contributed by atoms with Crippen molar-refractivity contribution in [2.45, 2.75) is 43.9 Å². The lowest BCUT2D eigenvalue weighted by Crippen LogP contribution is -2.19. The smallest absolute Gasteiger partial charge is 0.0545 e. The van der Waals surface area contributed by atoms with Crippen LogP contribution >= 0.6 is 23.4 Å². The third-order valence-corrected chi connectivity index (χ3v) is 4.55. The Hall–Kier alpha value is -0.220. The second-order valence-corrected chi connectivity index (χ2v) is 7.05. The molecule has 0 amide bonds. The summed E-state index contributed by atoms with van der Waals surface area (Å²) in [5, 5.41) is 13.6. The first-order valence-corrected chi connectivity index (χ1v) is 8.06. The highest BCUT2D eigenvalue weighted by atomic mass is 35.5. The van der Waals surface area contributed by atoms with Crippen LogP contribution in [0.2, 0.25) is 5.02 Å². The predicted molar refractivity (Wildman–Crippen MR) is 85.0 cm³/mol. The fourth-order valence-corrected chi connectivity index (χ4v) is 3.19. The Labute approximate surface area is 125 Å². The first-order valence-electron chi connectivity index (χ1n) is 6.80. The molecule has 2 N–H and O–H groups in total. The average molecular weight is 302 g/mol. The van der Waals surface area contributed by atoms with E-state index in [4.69, 9.17) is 16.7 Å². The number of benzene rings is 1. The van der Waals surface area contributed by atoms with Gasteiger partial charge in [0.15, 0.2) is 0 Å². The van der Waals surface area contributed by atoms with E-state index in [2.05, 4.69) is 32.2 Å². The molecule has 0 aliphatic heterocycles. The van der Waals surface area contributed by atoms with Crippen LogP contribution in [0, 0.1) is 5.92 Å². The van der Waals surface area contributed by atoms with E-state index in [1.165, 1.54) is 5.56 Å². The topological polar surface area (TPSA) is 32.3 Å². The second kappa shape index (κ2) is 8.85. The molecule has 0 bridgehead atoms. The third-order valence-electron chi connectivity index (χ3n) is 2.77. The van der Waals surface area contributed by atoms with Gasteiger partial charge in [-0.15, -0.1) is 11.8 Å². The summed E-state index contributed by atoms with van der Waals surface area (Å²) in [6.07, 6.45) is 0.786. The number of nitrogens with one attached hydrogen (secondary N) is 1. The van der Waals surface area contributed by atoms with Crippen molar-refractivity contribution in [1.82, 2.24) is 5.32 Å². The Morgan fingerprint density at radius 3 is 2.68 bits per heavy atom. The van der Waals surface area contributed by atoms with E-state index in [9.17, 15) is 0 Å². The van der Waals surface area contributed by atoms with Gasteiger partial charge in [0.2, 0.25) is 0 Å². The minimum Gasteiger partial charge on any atom is -0.396 e. The molecule has 0 radical (unpaired) electrons. The Bertz CT molecular complexity index is 384. The number of aliphatic hydroxyl groups excluding tert-OH is 1. The summed E-state index contributed by atoms with van der Waals surface area (Å²) in [4.78, 5) is 1.14. The largest absolute Gasteiger partial charge is 0.396 e. The van der Waals surface area contributed by atoms with Crippen molar-refractivity contribution in [3.05, 3.63) is 28.8 Å². The van der Waals surface area contributed by atoms with Crippen molar-refractivity contribution < 1.29 is 5.11 Å². The SMILES string of the molecule is CC(C)CNCc1cccc(Cl)c1SC(C)CCO. The van der Waals surface area contributed by atoms with Crippen molar-refractivity contribution in [2.24, 2.45) is 5.92 Å². The van der Waals surface area contributed by atoms with Gasteiger partial charge >= 0.3 is 0 Å². The van der Waals surface area contributed by atoms with Crippen LogP contribution in [0.3, 0.4) is 0 Å². The molecule has 0 spiro atoms. The van der Waals surface area contributed by atoms with E-state index in [-0.39, 0.29) is 6.61 Å². The van der Waals surface area contributed by atoms with Crippen LogP contribution in [-0.2, 0) is 6.54 Å². The molecule has 0 aromatic heterocycles. The van der Waals surface area contributed by atoms with E-state index in [1.807, 2.05) is 12.1 Å². The highest BCUT2D eigenvalue weighted by Crippen LogP contribution is 2.34. The molecule has 0 fully saturated rings. The maximum atomic E-state index is 9.00. The normalized spacial score (nSPS) is 12.9. The zero-order valence-corrected chi connectivity index (χ0v) is 13.5. The third kappa shape index (κ3) is 6.17. The summed E-state index contributed by atoms with van der Waals surface area (Å²) >= 11 is 8.05. The molecule has 108 valence electrons. The fourth-order valence-electron chi connectivity index (χ4n) is 1.76. The molecular formula is C15H24ClNOS. The van der Waals surface area contributed by atoms with Gasteiger partial charge in [0, 0.05) is 23.3 Å². The Balaban J connectivity index is 2.71. The number of hydrogen-bond acceptors (Lipinski definition) is 3. The Morgan fingerprint density at radius 2 is 2.05 bits per heavy atom. The predicted octanol–water partition coefficient (Wildman–Crippen LogP) is 3.95. The lowest BCUT2D eigenvalue weighted by atomic mass is 10.2. The molecule has 0 heterocycles. The summed E-state index contributed by atoms with van der Waals surface area (Å²) < 4.78 is 0. The summed E-state index contributed by atoms with van der Waals surface area (Å²) in [5.41, 5.74) is 1.24. The second-order valence-electron chi connectivity index (χ2n) is 5.19. The minimum absolute atomic E-state index is 0.222. The molecule has 1 rings (SSSR count). The lowest BCUT2D eigenvalue weighted by molar-refractivity contribution is 0.289. The van der Waals surface area contributed by atoms with Crippen LogP contribution in [0.15, 0.2) is 23.1 Å². The zero-order chi connectivity index (χ0) is 14.3. The van der Waals surface area contributed by atoms with E-state index in [1.54, 1.807) is 11.8 Å². The minimum atomic E-state index is 0.222. The fraction of sp³-hybridized carbons (Fsp3) is 0.600. The summed E-state index contributed by atoms with van der Waals surface area (Å²) in [6.45, 7) is 8.58. The first kappa shape index (κ1) is 16.8.